The van der Waals surface area contributed by atoms with Gasteiger partial charge in [0.2, 0.25) is 0 Å². The van der Waals surface area contributed by atoms with Crippen LogP contribution in [0.2, 0.25) is 0 Å². The normalized spacial score (nSPS) is 14.7. The molecule has 0 bridgehead atoms. The average molecular weight is 262 g/mol. The Hall–Kier alpha value is -0.0200. The van der Waals surface area contributed by atoms with Crippen molar-refractivity contribution in [1.29, 1.82) is 0 Å². The fourth-order valence-electron chi connectivity index (χ4n) is 1.43. The third-order valence-corrected chi connectivity index (χ3v) is 3.04. The number of thiol groups is 1. The molecule has 0 aliphatic heterocycles. The Kier molecular flexibility index (Phi) is 4.65. The van der Waals surface area contributed by atoms with Gasteiger partial charge in [0.05, 0.1) is 0 Å². The van der Waals surface area contributed by atoms with Crippen LogP contribution in [0, 0.1) is 0 Å². The lowest BCUT2D eigenvalue weighted by Crippen LogP contribution is -1.96. The van der Waals surface area contributed by atoms with E-state index in [4.69, 9.17) is 16.3 Å². The Morgan fingerprint density at radius 1 is 1.33 bits per heavy atom. The molecule has 0 saturated heterocycles. The lowest BCUT2D eigenvalue weighted by molar-refractivity contribution is 0.497. The summed E-state index contributed by atoms with van der Waals surface area (Å²) >= 11 is 8.69. The minimum absolute atomic E-state index is 0.711. The summed E-state index contributed by atoms with van der Waals surface area (Å²) in [5, 5.41) is 0. The van der Waals surface area contributed by atoms with Crippen molar-refractivity contribution in [3.8, 4) is 5.75 Å². The van der Waals surface area contributed by atoms with E-state index in [2.05, 4.69) is 12.2 Å². The van der Waals surface area contributed by atoms with E-state index >= 15 is 0 Å². The Labute approximate surface area is 101 Å². The quantitative estimate of drug-likeness (QED) is 0.644. The first-order valence-corrected chi connectivity index (χ1v) is 8.66. The summed E-state index contributed by atoms with van der Waals surface area (Å²) in [7, 11) is 0. The maximum Gasteiger partial charge on any atom is 0.291 e. The van der Waals surface area contributed by atoms with Gasteiger partial charge in [-0.1, -0.05) is 44.3 Å². The second-order valence-corrected chi connectivity index (χ2v) is 8.28. The average Bonchev–Trinajstić information content (AvgIpc) is 2.16. The summed E-state index contributed by atoms with van der Waals surface area (Å²) in [5.74, 6) is 0.711. The lowest BCUT2D eigenvalue weighted by Gasteiger charge is -2.17. The third kappa shape index (κ3) is 3.80. The third-order valence-electron chi connectivity index (χ3n) is 2.15. The molecule has 0 amide bonds. The van der Waals surface area contributed by atoms with E-state index in [1.807, 2.05) is 32.0 Å². The van der Waals surface area contributed by atoms with Crippen LogP contribution >= 0.6 is 17.9 Å². The molecule has 1 rings (SSSR count). The second-order valence-electron chi connectivity index (χ2n) is 3.19. The molecule has 0 aliphatic carbocycles. The van der Waals surface area contributed by atoms with Crippen LogP contribution < -0.4 is 4.52 Å². The molecule has 1 aromatic rings. The van der Waals surface area contributed by atoms with Crippen molar-refractivity contribution in [3.05, 3.63) is 29.3 Å². The van der Waals surface area contributed by atoms with Crippen molar-refractivity contribution in [2.75, 3.05) is 0 Å². The fraction of sp³-hybridized carbons (Fsp3) is 0.400. The standard InChI is InChI=1S/C10H15O2PS2/c1-3-8-6-5-7-9(4-2)10(8)12-13(11,14)15/h5-7H,3-4H2,1-2H3,(H2,11,14,15). The first kappa shape index (κ1) is 13.0. The van der Waals surface area contributed by atoms with Crippen molar-refractivity contribution in [1.82, 2.24) is 0 Å². The topological polar surface area (TPSA) is 29.5 Å². The zero-order chi connectivity index (χ0) is 11.5. The largest absolute Gasteiger partial charge is 0.436 e. The van der Waals surface area contributed by atoms with E-state index in [9.17, 15) is 4.89 Å². The number of benzene rings is 1. The van der Waals surface area contributed by atoms with Crippen molar-refractivity contribution in [2.24, 2.45) is 0 Å². The molecule has 15 heavy (non-hydrogen) atoms. The molecule has 1 aromatic carbocycles. The molecular weight excluding hydrogens is 247 g/mol. The SMILES string of the molecule is CCc1cccc(CC)c1OP(O)(=S)S. The molecule has 0 aliphatic rings. The maximum atomic E-state index is 9.48. The highest BCUT2D eigenvalue weighted by Crippen LogP contribution is 2.49. The van der Waals surface area contributed by atoms with Gasteiger partial charge >= 0.3 is 0 Å². The van der Waals surface area contributed by atoms with E-state index in [1.165, 1.54) is 0 Å². The van der Waals surface area contributed by atoms with E-state index < -0.39 is 5.69 Å². The van der Waals surface area contributed by atoms with Gasteiger partial charge in [-0.15, -0.1) is 0 Å². The zero-order valence-electron chi connectivity index (χ0n) is 8.80. The molecule has 2 nitrogen and oxygen atoms in total. The number of hydrogen-bond donors (Lipinski definition) is 2. The van der Waals surface area contributed by atoms with Crippen LogP contribution in [0.3, 0.4) is 0 Å². The summed E-state index contributed by atoms with van der Waals surface area (Å²) in [6, 6.07) is 5.95. The lowest BCUT2D eigenvalue weighted by atomic mass is 10.1. The Balaban J connectivity index is 3.16. The van der Waals surface area contributed by atoms with Gasteiger partial charge in [-0.05, 0) is 35.8 Å². The molecule has 1 N–H and O–H groups in total. The van der Waals surface area contributed by atoms with Crippen molar-refractivity contribution < 1.29 is 9.42 Å². The Morgan fingerprint density at radius 2 is 1.80 bits per heavy atom. The number of para-hydroxylation sites is 1. The minimum atomic E-state index is -2.94. The predicted molar refractivity (Wildman–Crippen MR) is 71.3 cm³/mol. The first-order valence-electron chi connectivity index (χ1n) is 4.83. The van der Waals surface area contributed by atoms with Crippen molar-refractivity contribution in [3.63, 3.8) is 0 Å². The van der Waals surface area contributed by atoms with E-state index in [-0.39, 0.29) is 0 Å². The molecule has 84 valence electrons. The molecule has 0 spiro atoms. The highest BCUT2D eigenvalue weighted by atomic mass is 32.9. The molecular formula is C10H15O2PS2. The van der Waals surface area contributed by atoms with Crippen LogP contribution in [0.25, 0.3) is 0 Å². The molecule has 0 aromatic heterocycles. The molecule has 0 radical (unpaired) electrons. The first-order chi connectivity index (χ1) is 6.98. The Bertz CT molecular complexity index is 365. The van der Waals surface area contributed by atoms with Gasteiger partial charge in [0.1, 0.15) is 5.75 Å². The molecule has 5 heteroatoms. The highest BCUT2D eigenvalue weighted by Gasteiger charge is 2.14. The van der Waals surface area contributed by atoms with Gasteiger partial charge in [0.25, 0.3) is 5.69 Å². The van der Waals surface area contributed by atoms with Crippen LogP contribution in [0.4, 0.5) is 0 Å². The smallest absolute Gasteiger partial charge is 0.291 e. The Morgan fingerprint density at radius 3 is 2.13 bits per heavy atom. The number of rotatable bonds is 4. The number of aryl methyl sites for hydroxylation is 2. The van der Waals surface area contributed by atoms with Crippen molar-refractivity contribution >= 4 is 29.7 Å². The summed E-state index contributed by atoms with van der Waals surface area (Å²) in [6.07, 6.45) is 1.71. The van der Waals surface area contributed by atoms with Crippen LogP contribution in [0.15, 0.2) is 18.2 Å². The molecule has 1 atom stereocenters. The molecule has 0 saturated carbocycles. The van der Waals surface area contributed by atoms with E-state index in [0.717, 1.165) is 24.0 Å². The summed E-state index contributed by atoms with van der Waals surface area (Å²) in [4.78, 5) is 9.48. The van der Waals surface area contributed by atoms with Gasteiger partial charge in [-0.2, -0.15) is 0 Å². The van der Waals surface area contributed by atoms with Crippen LogP contribution in [-0.4, -0.2) is 4.89 Å². The van der Waals surface area contributed by atoms with Crippen LogP contribution in [0.5, 0.6) is 5.75 Å². The maximum absolute atomic E-state index is 9.48. The second kappa shape index (κ2) is 5.35. The fourth-order valence-corrected chi connectivity index (χ4v) is 2.37. The zero-order valence-corrected chi connectivity index (χ0v) is 11.4. The summed E-state index contributed by atoms with van der Waals surface area (Å²) in [6.45, 7) is 4.09. The number of hydrogen-bond acceptors (Lipinski definition) is 2. The molecule has 0 fully saturated rings. The molecule has 1 unspecified atom stereocenters. The van der Waals surface area contributed by atoms with Gasteiger partial charge < -0.3 is 9.42 Å². The predicted octanol–water partition coefficient (Wildman–Crippen LogP) is 3.34. The highest BCUT2D eigenvalue weighted by molar-refractivity contribution is 8.59. The van der Waals surface area contributed by atoms with Gasteiger partial charge in [-0.25, -0.2) is 0 Å². The van der Waals surface area contributed by atoms with E-state index in [1.54, 1.807) is 0 Å². The molecule has 0 heterocycles. The van der Waals surface area contributed by atoms with Gasteiger partial charge in [-0.3, -0.25) is 0 Å². The van der Waals surface area contributed by atoms with E-state index in [0.29, 0.717) is 5.75 Å². The summed E-state index contributed by atoms with van der Waals surface area (Å²) in [5.41, 5.74) is -0.817. The monoisotopic (exact) mass is 262 g/mol. The van der Waals surface area contributed by atoms with Gasteiger partial charge in [0.15, 0.2) is 0 Å². The minimum Gasteiger partial charge on any atom is -0.436 e. The van der Waals surface area contributed by atoms with Gasteiger partial charge in [0, 0.05) is 0 Å². The van der Waals surface area contributed by atoms with Crippen molar-refractivity contribution in [2.45, 2.75) is 26.7 Å². The summed E-state index contributed by atoms with van der Waals surface area (Å²) < 4.78 is 5.39. The van der Waals surface area contributed by atoms with Crippen LogP contribution in [0.1, 0.15) is 25.0 Å². The van der Waals surface area contributed by atoms with Crippen LogP contribution in [-0.2, 0) is 24.6 Å².